The van der Waals surface area contributed by atoms with Crippen molar-refractivity contribution in [3.05, 3.63) is 163 Å². The Morgan fingerprint density at radius 3 is 1.81 bits per heavy atom. The van der Waals surface area contributed by atoms with Crippen molar-refractivity contribution in [1.82, 2.24) is 15.3 Å². The second-order valence-corrected chi connectivity index (χ2v) is 16.2. The molecule has 63 heavy (non-hydrogen) atoms. The zero-order valence-corrected chi connectivity index (χ0v) is 36.7. The molecule has 1 aliphatic rings. The molecule has 7 rings (SSSR count). The fraction of sp³-hybridized carbons (Fsp3) is 0.229. The number of hydrogen-bond donors (Lipinski definition) is 3. The van der Waals surface area contributed by atoms with Gasteiger partial charge in [-0.1, -0.05) is 71.2 Å². The summed E-state index contributed by atoms with van der Waals surface area (Å²) in [5, 5.41) is 32.8. The van der Waals surface area contributed by atoms with Crippen LogP contribution in [0.4, 0.5) is 0 Å². The fourth-order valence-electron chi connectivity index (χ4n) is 6.86. The Labute approximate surface area is 379 Å². The Morgan fingerprint density at radius 2 is 1.25 bits per heavy atom. The lowest BCUT2D eigenvalue weighted by Gasteiger charge is -2.20. The smallest absolute Gasteiger partial charge is 0.323 e. The van der Waals surface area contributed by atoms with Crippen molar-refractivity contribution >= 4 is 47.0 Å². The van der Waals surface area contributed by atoms with Crippen LogP contribution in [0, 0.1) is 25.2 Å². The number of nitrogens with zero attached hydrogens (tertiary/aromatic N) is 4. The molecule has 0 amide bonds. The highest BCUT2D eigenvalue weighted by Gasteiger charge is 2.24. The number of carboxylic acid groups (broad SMARTS) is 1. The standard InChI is InChI=1S/C48H42Cl3N5O7/c1-27-33(25-62-44-14-43(60-24-32-11-35(20-54-19-32)42-22-55-42)36(12-39(44)49)21-56-47(29(3)57)48(58)59)6-4-8-37(27)38-9-5-7-34(28(38)2)26-63-46-15-45(40(50)13-41(46)51)61-23-31-10-30(16-52)17-53-18-31/h4-15,17-20,22,29,42,47,56-57H,21,23-26H2,1-3H3,(H,58,59)/t29-,42?,47+/m1/s1. The number of aliphatic imine (C=N–C) groups is 1. The van der Waals surface area contributed by atoms with Gasteiger partial charge in [-0.25, -0.2) is 0 Å². The molecule has 4 aromatic carbocycles. The van der Waals surface area contributed by atoms with E-state index in [0.29, 0.717) is 54.8 Å². The number of aromatic nitrogens is 2. The second kappa shape index (κ2) is 20.3. The molecule has 0 bridgehead atoms. The van der Waals surface area contributed by atoms with Gasteiger partial charge in [0.25, 0.3) is 0 Å². The number of aliphatic carboxylic acids is 1. The summed E-state index contributed by atoms with van der Waals surface area (Å²) in [6, 6.07) is 23.2. The Hall–Kier alpha value is -6.20. The average Bonchev–Trinajstić information content (AvgIpc) is 4.12. The number of pyridine rings is 2. The number of halogens is 3. The molecule has 2 aromatic heterocycles. The van der Waals surface area contributed by atoms with Gasteiger partial charge in [-0.3, -0.25) is 25.1 Å². The molecule has 0 aliphatic carbocycles. The lowest BCUT2D eigenvalue weighted by Crippen LogP contribution is -2.44. The number of aliphatic hydroxyl groups excluding tert-OH is 1. The fourth-order valence-corrected chi connectivity index (χ4v) is 7.60. The first-order chi connectivity index (χ1) is 30.4. The van der Waals surface area contributed by atoms with Gasteiger partial charge >= 0.3 is 5.97 Å². The predicted octanol–water partition coefficient (Wildman–Crippen LogP) is 9.96. The first kappa shape index (κ1) is 44.8. The number of nitrogens with one attached hydrogen (secondary N) is 1. The van der Waals surface area contributed by atoms with E-state index < -0.39 is 18.1 Å². The maximum atomic E-state index is 11.8. The molecule has 3 heterocycles. The maximum Gasteiger partial charge on any atom is 0.323 e. The Balaban J connectivity index is 1.06. The van der Waals surface area contributed by atoms with Gasteiger partial charge in [0.2, 0.25) is 0 Å². The topological polar surface area (TPSA) is 168 Å². The number of rotatable bonds is 19. The molecule has 3 N–H and O–H groups in total. The first-order valence-corrected chi connectivity index (χ1v) is 21.0. The number of carboxylic acids is 1. The third kappa shape index (κ3) is 11.3. The minimum atomic E-state index is -1.21. The van der Waals surface area contributed by atoms with E-state index in [0.717, 1.165) is 44.5 Å². The molecule has 0 radical (unpaired) electrons. The zero-order valence-electron chi connectivity index (χ0n) is 34.4. The SMILES string of the molecule is Cc1c(COc2cc(OCc3cncc(C#N)c3)c(Cl)cc2Cl)cccc1-c1cccc(COc2cc(OCc3cncc(C4C=N4)c3)c(CN[C@H](C(=O)O)[C@@H](C)O)cc2Cl)c1C. The van der Waals surface area contributed by atoms with Crippen LogP contribution in [-0.2, 0) is 37.8 Å². The molecule has 0 saturated carbocycles. The van der Waals surface area contributed by atoms with Gasteiger partial charge < -0.3 is 29.2 Å². The van der Waals surface area contributed by atoms with Crippen LogP contribution in [0.2, 0.25) is 15.1 Å². The molecule has 12 nitrogen and oxygen atoms in total. The van der Waals surface area contributed by atoms with Gasteiger partial charge in [-0.05, 0) is 78.4 Å². The van der Waals surface area contributed by atoms with E-state index in [1.54, 1.807) is 48.9 Å². The molecule has 0 saturated heterocycles. The van der Waals surface area contributed by atoms with Crippen molar-refractivity contribution < 1.29 is 34.0 Å². The summed E-state index contributed by atoms with van der Waals surface area (Å²) in [6.07, 6.45) is 7.28. The summed E-state index contributed by atoms with van der Waals surface area (Å²) in [5.74, 6) is 0.388. The largest absolute Gasteiger partial charge is 0.488 e. The first-order valence-electron chi connectivity index (χ1n) is 19.8. The maximum absolute atomic E-state index is 11.8. The van der Waals surface area contributed by atoms with Crippen LogP contribution >= 0.6 is 34.8 Å². The van der Waals surface area contributed by atoms with Crippen LogP contribution in [0.1, 0.15) is 63.0 Å². The van der Waals surface area contributed by atoms with E-state index >= 15 is 0 Å². The van der Waals surface area contributed by atoms with E-state index in [4.69, 9.17) is 53.8 Å². The van der Waals surface area contributed by atoms with Gasteiger partial charge in [-0.15, -0.1) is 0 Å². The van der Waals surface area contributed by atoms with Crippen molar-refractivity contribution in [1.29, 1.82) is 5.26 Å². The Kier molecular flexibility index (Phi) is 14.5. The number of benzene rings is 4. The monoisotopic (exact) mass is 905 g/mol. The molecule has 3 atom stereocenters. The normalized spacial score (nSPS) is 13.8. The van der Waals surface area contributed by atoms with E-state index in [9.17, 15) is 20.3 Å². The summed E-state index contributed by atoms with van der Waals surface area (Å²) in [5.41, 5.74) is 9.45. The summed E-state index contributed by atoms with van der Waals surface area (Å²) in [6.45, 7) is 6.27. The van der Waals surface area contributed by atoms with Crippen LogP contribution in [0.15, 0.2) is 103 Å². The molecule has 322 valence electrons. The summed E-state index contributed by atoms with van der Waals surface area (Å²) >= 11 is 19.8. The molecule has 0 fully saturated rings. The number of carbonyl (C=O) groups is 1. The van der Waals surface area contributed by atoms with E-state index in [1.807, 2.05) is 50.4 Å². The lowest BCUT2D eigenvalue weighted by atomic mass is 9.92. The number of aliphatic hydroxyl groups is 1. The summed E-state index contributed by atoms with van der Waals surface area (Å²) in [7, 11) is 0. The predicted molar refractivity (Wildman–Crippen MR) is 241 cm³/mol. The summed E-state index contributed by atoms with van der Waals surface area (Å²) in [4.78, 5) is 24.4. The third-order valence-electron chi connectivity index (χ3n) is 10.5. The molecule has 1 aliphatic heterocycles. The quantitative estimate of drug-likeness (QED) is 0.0708. The van der Waals surface area contributed by atoms with Crippen LogP contribution in [0.25, 0.3) is 11.1 Å². The van der Waals surface area contributed by atoms with Gasteiger partial charge in [0.15, 0.2) is 0 Å². The lowest BCUT2D eigenvalue weighted by molar-refractivity contribution is -0.142. The molecule has 1 unspecified atom stereocenters. The van der Waals surface area contributed by atoms with Crippen molar-refractivity contribution in [2.75, 3.05) is 0 Å². The highest BCUT2D eigenvalue weighted by atomic mass is 35.5. The minimum absolute atomic E-state index is 0.0338. The van der Waals surface area contributed by atoms with Gasteiger partial charge in [-0.2, -0.15) is 5.26 Å². The molecule has 15 heteroatoms. The summed E-state index contributed by atoms with van der Waals surface area (Å²) < 4.78 is 24.9. The number of nitriles is 1. The van der Waals surface area contributed by atoms with E-state index in [2.05, 4.69) is 38.5 Å². The average molecular weight is 907 g/mol. The molecular formula is C48H42Cl3N5O7. The van der Waals surface area contributed by atoms with Gasteiger partial charge in [0, 0.05) is 71.9 Å². The second-order valence-electron chi connectivity index (χ2n) is 14.9. The Morgan fingerprint density at radius 1 is 0.730 bits per heavy atom. The van der Waals surface area contributed by atoms with Crippen molar-refractivity contribution in [2.24, 2.45) is 4.99 Å². The Bertz CT molecular complexity index is 2720. The van der Waals surface area contributed by atoms with Crippen LogP contribution in [0.3, 0.4) is 0 Å². The molecule has 0 spiro atoms. The minimum Gasteiger partial charge on any atom is -0.488 e. The number of ether oxygens (including phenoxy) is 4. The highest BCUT2D eigenvalue weighted by molar-refractivity contribution is 6.36. The molecular weight excluding hydrogens is 865 g/mol. The van der Waals surface area contributed by atoms with Crippen LogP contribution < -0.4 is 24.3 Å². The third-order valence-corrected chi connectivity index (χ3v) is 11.4. The highest BCUT2D eigenvalue weighted by Crippen LogP contribution is 2.39. The van der Waals surface area contributed by atoms with Crippen molar-refractivity contribution in [2.45, 2.75) is 71.9 Å². The van der Waals surface area contributed by atoms with E-state index in [-0.39, 0.29) is 39.0 Å². The van der Waals surface area contributed by atoms with Crippen molar-refractivity contribution in [3.63, 3.8) is 0 Å². The number of hydrogen-bond acceptors (Lipinski definition) is 11. The van der Waals surface area contributed by atoms with Crippen LogP contribution in [0.5, 0.6) is 23.0 Å². The van der Waals surface area contributed by atoms with Gasteiger partial charge in [0.1, 0.15) is 67.6 Å². The van der Waals surface area contributed by atoms with Gasteiger partial charge in [0.05, 0.1) is 26.7 Å². The van der Waals surface area contributed by atoms with Crippen molar-refractivity contribution in [3.8, 4) is 40.2 Å². The zero-order chi connectivity index (χ0) is 44.6. The van der Waals surface area contributed by atoms with Crippen LogP contribution in [-0.4, -0.2) is 44.5 Å². The molecule has 6 aromatic rings. The van der Waals surface area contributed by atoms with E-state index in [1.165, 1.54) is 13.1 Å².